The lowest BCUT2D eigenvalue weighted by molar-refractivity contribution is -0.313. The van der Waals surface area contributed by atoms with Crippen molar-refractivity contribution in [1.29, 1.82) is 0 Å². The molecule has 3 aromatic carbocycles. The van der Waals surface area contributed by atoms with E-state index in [4.69, 9.17) is 38.9 Å². The van der Waals surface area contributed by atoms with Gasteiger partial charge in [-0.2, -0.15) is 0 Å². The van der Waals surface area contributed by atoms with Gasteiger partial charge < -0.3 is 38.9 Å². The molecule has 0 radical (unpaired) electrons. The highest BCUT2D eigenvalue weighted by Crippen LogP contribution is 2.32. The molecule has 3 aromatic rings. The number of benzene rings is 3. The molecule has 8 nitrogen and oxygen atoms in total. The fraction of sp³-hybridized carbons (Fsp3) is 0.486. The van der Waals surface area contributed by atoms with E-state index in [0.29, 0.717) is 6.61 Å². The van der Waals surface area contributed by atoms with E-state index in [1.807, 2.05) is 112 Å². The van der Waals surface area contributed by atoms with E-state index >= 15 is 4.39 Å². The molecule has 0 aliphatic carbocycles. The van der Waals surface area contributed by atoms with Gasteiger partial charge in [-0.3, -0.25) is 0 Å². The second-order valence-corrected chi connectivity index (χ2v) is 11.8. The van der Waals surface area contributed by atoms with Crippen LogP contribution in [0.4, 0.5) is 4.39 Å². The topological polar surface area (TPSA) is 90.6 Å². The summed E-state index contributed by atoms with van der Waals surface area (Å²) in [5.41, 5.74) is 9.37. The van der Waals surface area contributed by atoms with Crippen molar-refractivity contribution in [1.82, 2.24) is 0 Å². The van der Waals surface area contributed by atoms with E-state index in [1.54, 1.807) is 0 Å². The van der Waals surface area contributed by atoms with Gasteiger partial charge in [0.15, 0.2) is 18.2 Å². The first-order valence-corrected chi connectivity index (χ1v) is 15.2. The predicted octanol–water partition coefficient (Wildman–Crippen LogP) is 5.32. The molecule has 0 spiro atoms. The molecule has 44 heavy (non-hydrogen) atoms. The largest absolute Gasteiger partial charge is 0.374 e. The third-order valence-corrected chi connectivity index (χ3v) is 7.76. The molecule has 0 amide bonds. The minimum Gasteiger partial charge on any atom is -0.374 e. The number of nitrogens with two attached hydrogens (primary N) is 1. The lowest BCUT2D eigenvalue weighted by atomic mass is 9.99. The van der Waals surface area contributed by atoms with E-state index < -0.39 is 42.6 Å². The number of halogens is 1. The van der Waals surface area contributed by atoms with E-state index in [-0.39, 0.29) is 38.6 Å². The van der Waals surface area contributed by atoms with Crippen LogP contribution >= 0.6 is 0 Å². The van der Waals surface area contributed by atoms with E-state index in [9.17, 15) is 0 Å². The Hall–Kier alpha value is -2.73. The van der Waals surface area contributed by atoms with Crippen LogP contribution < -0.4 is 5.73 Å². The van der Waals surface area contributed by atoms with Crippen molar-refractivity contribution in [2.24, 2.45) is 5.73 Å². The van der Waals surface area contributed by atoms with Crippen LogP contribution in [-0.4, -0.2) is 68.0 Å². The summed E-state index contributed by atoms with van der Waals surface area (Å²) in [4.78, 5) is 0. The predicted molar refractivity (Wildman–Crippen MR) is 163 cm³/mol. The summed E-state index contributed by atoms with van der Waals surface area (Å²) in [6.45, 7) is 6.44. The number of rotatable bonds is 14. The van der Waals surface area contributed by atoms with Gasteiger partial charge in [0.1, 0.15) is 24.4 Å². The average Bonchev–Trinajstić information content (AvgIpc) is 3.32. The molecule has 2 aliphatic heterocycles. The molecule has 2 saturated heterocycles. The molecular formula is C35H44FNO7. The second-order valence-electron chi connectivity index (χ2n) is 11.8. The maximum absolute atomic E-state index is 16.3. The molecular weight excluding hydrogens is 565 g/mol. The van der Waals surface area contributed by atoms with Gasteiger partial charge in [0, 0.05) is 0 Å². The first-order valence-electron chi connectivity index (χ1n) is 15.2. The van der Waals surface area contributed by atoms with Crippen LogP contribution in [0.1, 0.15) is 37.5 Å². The SMILES string of the molecule is C[C@H]1OC(C)(C)O[C@H]1[C@@H](N)CO[C@H]1OC(COCc2ccccc2)[C@@H](F)C(OCc2ccccc2)C1OCc1ccccc1. The first kappa shape index (κ1) is 32.7. The first-order chi connectivity index (χ1) is 21.3. The Balaban J connectivity index is 1.33. The van der Waals surface area contributed by atoms with Crippen molar-refractivity contribution in [2.45, 2.75) is 95.4 Å². The minimum atomic E-state index is -1.55. The molecule has 238 valence electrons. The van der Waals surface area contributed by atoms with Crippen LogP contribution in [0.2, 0.25) is 0 Å². The summed E-state index contributed by atoms with van der Waals surface area (Å²) in [7, 11) is 0. The highest BCUT2D eigenvalue weighted by molar-refractivity contribution is 5.15. The molecule has 2 N–H and O–H groups in total. The number of ether oxygens (including phenoxy) is 7. The van der Waals surface area contributed by atoms with Crippen molar-refractivity contribution in [3.05, 3.63) is 108 Å². The summed E-state index contributed by atoms with van der Waals surface area (Å²) < 4.78 is 59.3. The molecule has 2 fully saturated rings. The quantitative estimate of drug-likeness (QED) is 0.263. The lowest BCUT2D eigenvalue weighted by Crippen LogP contribution is -2.60. The van der Waals surface area contributed by atoms with Gasteiger partial charge in [0.2, 0.25) is 0 Å². The van der Waals surface area contributed by atoms with Gasteiger partial charge in [0.05, 0.1) is 45.2 Å². The van der Waals surface area contributed by atoms with E-state index in [2.05, 4.69) is 0 Å². The van der Waals surface area contributed by atoms with Crippen LogP contribution in [0.15, 0.2) is 91.0 Å². The zero-order valence-electron chi connectivity index (χ0n) is 25.6. The lowest BCUT2D eigenvalue weighted by Gasteiger charge is -2.43. The van der Waals surface area contributed by atoms with Gasteiger partial charge in [-0.15, -0.1) is 0 Å². The molecule has 3 unspecified atom stereocenters. The maximum atomic E-state index is 16.3. The third kappa shape index (κ3) is 8.93. The van der Waals surface area contributed by atoms with Crippen LogP contribution in [-0.2, 0) is 53.0 Å². The normalized spacial score (nSPS) is 29.0. The fourth-order valence-corrected chi connectivity index (χ4v) is 5.60. The fourth-order valence-electron chi connectivity index (χ4n) is 5.60. The summed E-state index contributed by atoms with van der Waals surface area (Å²) in [5, 5.41) is 0. The summed E-state index contributed by atoms with van der Waals surface area (Å²) >= 11 is 0. The van der Waals surface area contributed by atoms with Crippen LogP contribution in [0.25, 0.3) is 0 Å². The number of alkyl halides is 1. The summed E-state index contributed by atoms with van der Waals surface area (Å²) in [6.07, 6.45) is -5.98. The molecule has 2 aliphatic rings. The van der Waals surface area contributed by atoms with Gasteiger partial charge >= 0.3 is 0 Å². The number of hydrogen-bond donors (Lipinski definition) is 1. The Kier molecular flexibility index (Phi) is 11.5. The molecule has 2 heterocycles. The van der Waals surface area contributed by atoms with Crippen molar-refractivity contribution in [3.63, 3.8) is 0 Å². The van der Waals surface area contributed by atoms with Crippen LogP contribution in [0, 0.1) is 0 Å². The Labute approximate surface area is 259 Å². The van der Waals surface area contributed by atoms with Gasteiger partial charge in [0.25, 0.3) is 0 Å². The Morgan fingerprint density at radius 2 is 1.27 bits per heavy atom. The van der Waals surface area contributed by atoms with Gasteiger partial charge in [-0.1, -0.05) is 91.0 Å². The molecule has 5 rings (SSSR count). The van der Waals surface area contributed by atoms with Crippen LogP contribution in [0.5, 0.6) is 0 Å². The Morgan fingerprint density at radius 3 is 1.80 bits per heavy atom. The number of hydrogen-bond acceptors (Lipinski definition) is 8. The Morgan fingerprint density at radius 1 is 0.750 bits per heavy atom. The zero-order valence-corrected chi connectivity index (χ0v) is 25.6. The van der Waals surface area contributed by atoms with Gasteiger partial charge in [-0.05, 0) is 37.5 Å². The monoisotopic (exact) mass is 609 g/mol. The smallest absolute Gasteiger partial charge is 0.187 e. The van der Waals surface area contributed by atoms with Crippen molar-refractivity contribution >= 4 is 0 Å². The molecule has 0 saturated carbocycles. The molecule has 0 aromatic heterocycles. The zero-order chi connectivity index (χ0) is 30.9. The Bertz CT molecular complexity index is 1250. The standard InChI is InChI=1S/C35H44FNO7/c1-24-31(44-35(2,3)43-24)28(37)22-41-34-33(40-21-27-17-11-6-12-18-27)32(39-20-26-15-9-5-10-16-26)30(36)29(42-34)23-38-19-25-13-7-4-8-14-25/h4-18,24,28-34H,19-23,37H2,1-3H3/t24-,28+,29?,30-,31-,32?,33?,34+/m1/s1. The van der Waals surface area contributed by atoms with Crippen molar-refractivity contribution < 1.29 is 37.5 Å². The maximum Gasteiger partial charge on any atom is 0.187 e. The molecule has 9 heteroatoms. The highest BCUT2D eigenvalue weighted by atomic mass is 19.1. The minimum absolute atomic E-state index is 0.00335. The second kappa shape index (κ2) is 15.5. The van der Waals surface area contributed by atoms with Crippen LogP contribution in [0.3, 0.4) is 0 Å². The van der Waals surface area contributed by atoms with Gasteiger partial charge in [-0.25, -0.2) is 4.39 Å². The summed E-state index contributed by atoms with van der Waals surface area (Å²) in [5.74, 6) is -0.747. The third-order valence-electron chi connectivity index (χ3n) is 7.76. The summed E-state index contributed by atoms with van der Waals surface area (Å²) in [6, 6.07) is 28.5. The molecule has 8 atom stereocenters. The average molecular weight is 610 g/mol. The molecule has 0 bridgehead atoms. The van der Waals surface area contributed by atoms with E-state index in [1.165, 1.54) is 0 Å². The van der Waals surface area contributed by atoms with Crippen molar-refractivity contribution in [2.75, 3.05) is 13.2 Å². The van der Waals surface area contributed by atoms with E-state index in [0.717, 1.165) is 16.7 Å². The van der Waals surface area contributed by atoms with Crippen molar-refractivity contribution in [3.8, 4) is 0 Å². The highest BCUT2D eigenvalue weighted by Gasteiger charge is 2.49.